The minimum atomic E-state index is 0.0579. The van der Waals surface area contributed by atoms with Crippen molar-refractivity contribution < 1.29 is 4.52 Å². The highest BCUT2D eigenvalue weighted by Gasteiger charge is 2.13. The SMILES string of the molecule is CNC(C)c1nc(Cc2ccccc2Cl)no1. The van der Waals surface area contributed by atoms with Crippen LogP contribution >= 0.6 is 11.6 Å². The summed E-state index contributed by atoms with van der Waals surface area (Å²) >= 11 is 6.07. The Balaban J connectivity index is 2.14. The number of rotatable bonds is 4. The van der Waals surface area contributed by atoms with Crippen LogP contribution in [0.25, 0.3) is 0 Å². The molecule has 0 aliphatic rings. The average Bonchev–Trinajstić information content (AvgIpc) is 2.80. The van der Waals surface area contributed by atoms with E-state index in [4.69, 9.17) is 16.1 Å². The molecule has 17 heavy (non-hydrogen) atoms. The average molecular weight is 252 g/mol. The molecule has 0 aliphatic heterocycles. The van der Waals surface area contributed by atoms with Crippen LogP contribution in [0.1, 0.15) is 30.2 Å². The van der Waals surface area contributed by atoms with E-state index in [1.165, 1.54) is 0 Å². The van der Waals surface area contributed by atoms with E-state index in [0.29, 0.717) is 18.1 Å². The number of hydrogen-bond donors (Lipinski definition) is 1. The van der Waals surface area contributed by atoms with Crippen molar-refractivity contribution >= 4 is 11.6 Å². The van der Waals surface area contributed by atoms with E-state index in [1.807, 2.05) is 38.2 Å². The lowest BCUT2D eigenvalue weighted by Crippen LogP contribution is -2.12. The van der Waals surface area contributed by atoms with Gasteiger partial charge in [0.2, 0.25) is 5.89 Å². The second kappa shape index (κ2) is 5.29. The van der Waals surface area contributed by atoms with Crippen molar-refractivity contribution in [1.29, 1.82) is 0 Å². The molecular weight excluding hydrogens is 238 g/mol. The maximum atomic E-state index is 6.07. The molecule has 90 valence electrons. The fourth-order valence-electron chi connectivity index (χ4n) is 1.45. The lowest BCUT2D eigenvalue weighted by atomic mass is 10.1. The molecule has 0 saturated heterocycles. The molecule has 1 aromatic heterocycles. The fourth-order valence-corrected chi connectivity index (χ4v) is 1.65. The molecule has 0 bridgehead atoms. The standard InChI is InChI=1S/C12H14ClN3O/c1-8(14-2)12-15-11(16-17-12)7-9-5-3-4-6-10(9)13/h3-6,8,14H,7H2,1-2H3. The van der Waals surface area contributed by atoms with Gasteiger partial charge in [-0.3, -0.25) is 0 Å². The Kier molecular flexibility index (Phi) is 3.76. The van der Waals surface area contributed by atoms with Crippen LogP contribution in [0.15, 0.2) is 28.8 Å². The monoisotopic (exact) mass is 251 g/mol. The minimum Gasteiger partial charge on any atom is -0.338 e. The number of benzene rings is 1. The number of nitrogens with one attached hydrogen (secondary N) is 1. The van der Waals surface area contributed by atoms with Crippen LogP contribution < -0.4 is 5.32 Å². The lowest BCUT2D eigenvalue weighted by Gasteiger charge is -2.01. The molecule has 0 saturated carbocycles. The Morgan fingerprint density at radius 3 is 2.88 bits per heavy atom. The van der Waals surface area contributed by atoms with E-state index in [0.717, 1.165) is 10.6 Å². The summed E-state index contributed by atoms with van der Waals surface area (Å²) in [5.74, 6) is 1.24. The van der Waals surface area contributed by atoms with Gasteiger partial charge in [-0.05, 0) is 25.6 Å². The highest BCUT2D eigenvalue weighted by molar-refractivity contribution is 6.31. The summed E-state index contributed by atoms with van der Waals surface area (Å²) in [5, 5.41) is 7.71. The third-order valence-electron chi connectivity index (χ3n) is 2.59. The summed E-state index contributed by atoms with van der Waals surface area (Å²) in [5.41, 5.74) is 0.999. The van der Waals surface area contributed by atoms with Crippen LogP contribution in [0.3, 0.4) is 0 Å². The summed E-state index contributed by atoms with van der Waals surface area (Å²) < 4.78 is 5.16. The van der Waals surface area contributed by atoms with Crippen molar-refractivity contribution in [2.45, 2.75) is 19.4 Å². The van der Waals surface area contributed by atoms with Crippen LogP contribution in [-0.2, 0) is 6.42 Å². The molecule has 2 rings (SSSR count). The zero-order chi connectivity index (χ0) is 12.3. The molecule has 1 aromatic carbocycles. The summed E-state index contributed by atoms with van der Waals surface area (Å²) in [6.45, 7) is 1.97. The number of nitrogens with zero attached hydrogens (tertiary/aromatic N) is 2. The molecule has 0 fully saturated rings. The summed E-state index contributed by atoms with van der Waals surface area (Å²) in [6.07, 6.45) is 0.583. The first kappa shape index (κ1) is 12.1. The Morgan fingerprint density at radius 2 is 2.18 bits per heavy atom. The van der Waals surface area contributed by atoms with Crippen molar-refractivity contribution in [2.75, 3.05) is 7.05 Å². The highest BCUT2D eigenvalue weighted by Crippen LogP contribution is 2.18. The minimum absolute atomic E-state index is 0.0579. The zero-order valence-electron chi connectivity index (χ0n) is 9.77. The van der Waals surface area contributed by atoms with Gasteiger partial charge >= 0.3 is 0 Å². The summed E-state index contributed by atoms with van der Waals surface area (Å²) in [6, 6.07) is 7.71. The van der Waals surface area contributed by atoms with E-state index in [-0.39, 0.29) is 6.04 Å². The second-order valence-electron chi connectivity index (χ2n) is 3.83. The van der Waals surface area contributed by atoms with Crippen LogP contribution in [0.4, 0.5) is 0 Å². The van der Waals surface area contributed by atoms with Gasteiger partial charge in [-0.2, -0.15) is 4.98 Å². The first-order chi connectivity index (χ1) is 8.20. The second-order valence-corrected chi connectivity index (χ2v) is 4.23. The Morgan fingerprint density at radius 1 is 1.41 bits per heavy atom. The van der Waals surface area contributed by atoms with Gasteiger partial charge in [0.25, 0.3) is 0 Å². The maximum Gasteiger partial charge on any atom is 0.243 e. The van der Waals surface area contributed by atoms with E-state index in [2.05, 4.69) is 15.5 Å². The van der Waals surface area contributed by atoms with E-state index in [1.54, 1.807) is 0 Å². The third-order valence-corrected chi connectivity index (χ3v) is 2.96. The van der Waals surface area contributed by atoms with Crippen molar-refractivity contribution in [3.05, 3.63) is 46.6 Å². The first-order valence-corrected chi connectivity index (χ1v) is 5.81. The molecule has 1 N–H and O–H groups in total. The quantitative estimate of drug-likeness (QED) is 0.908. The molecule has 0 aliphatic carbocycles. The van der Waals surface area contributed by atoms with Gasteiger partial charge in [-0.25, -0.2) is 0 Å². The molecule has 1 unspecified atom stereocenters. The highest BCUT2D eigenvalue weighted by atomic mass is 35.5. The number of hydrogen-bond acceptors (Lipinski definition) is 4. The van der Waals surface area contributed by atoms with Crippen molar-refractivity contribution in [1.82, 2.24) is 15.5 Å². The fraction of sp³-hybridized carbons (Fsp3) is 0.333. The van der Waals surface area contributed by atoms with Crippen LogP contribution in [-0.4, -0.2) is 17.2 Å². The van der Waals surface area contributed by atoms with Crippen molar-refractivity contribution in [3.8, 4) is 0 Å². The van der Waals surface area contributed by atoms with Crippen LogP contribution in [0.2, 0.25) is 5.02 Å². The van der Waals surface area contributed by atoms with E-state index < -0.39 is 0 Å². The van der Waals surface area contributed by atoms with Gasteiger partial charge in [0.1, 0.15) is 0 Å². The van der Waals surface area contributed by atoms with Crippen LogP contribution in [0, 0.1) is 0 Å². The van der Waals surface area contributed by atoms with Gasteiger partial charge in [-0.15, -0.1) is 0 Å². The zero-order valence-corrected chi connectivity index (χ0v) is 10.5. The molecule has 1 heterocycles. The Labute approximate surface area is 105 Å². The molecule has 1 atom stereocenters. The smallest absolute Gasteiger partial charge is 0.243 e. The van der Waals surface area contributed by atoms with Gasteiger partial charge < -0.3 is 9.84 Å². The topological polar surface area (TPSA) is 51.0 Å². The Hall–Kier alpha value is -1.39. The van der Waals surface area contributed by atoms with E-state index in [9.17, 15) is 0 Å². The largest absolute Gasteiger partial charge is 0.338 e. The molecule has 0 radical (unpaired) electrons. The summed E-state index contributed by atoms with van der Waals surface area (Å²) in [4.78, 5) is 4.32. The normalized spacial score (nSPS) is 12.6. The summed E-state index contributed by atoms with van der Waals surface area (Å²) in [7, 11) is 1.85. The van der Waals surface area contributed by atoms with Gasteiger partial charge in [0.05, 0.1) is 6.04 Å². The Bertz CT molecular complexity index is 498. The molecule has 5 heteroatoms. The predicted octanol–water partition coefficient (Wildman–Crippen LogP) is 2.59. The van der Waals surface area contributed by atoms with Crippen molar-refractivity contribution in [3.63, 3.8) is 0 Å². The lowest BCUT2D eigenvalue weighted by molar-refractivity contribution is 0.344. The predicted molar refractivity (Wildman–Crippen MR) is 66.0 cm³/mol. The molecule has 0 amide bonds. The maximum absolute atomic E-state index is 6.07. The van der Waals surface area contributed by atoms with Crippen LogP contribution in [0.5, 0.6) is 0 Å². The van der Waals surface area contributed by atoms with Crippen molar-refractivity contribution in [2.24, 2.45) is 0 Å². The van der Waals surface area contributed by atoms with Gasteiger partial charge in [-0.1, -0.05) is 35.0 Å². The van der Waals surface area contributed by atoms with E-state index >= 15 is 0 Å². The first-order valence-electron chi connectivity index (χ1n) is 5.44. The third kappa shape index (κ3) is 2.84. The van der Waals surface area contributed by atoms with Gasteiger partial charge in [0.15, 0.2) is 5.82 Å². The molecule has 2 aromatic rings. The van der Waals surface area contributed by atoms with Gasteiger partial charge in [0, 0.05) is 11.4 Å². The molecule has 4 nitrogen and oxygen atoms in total. The number of halogens is 1. The molecular formula is C12H14ClN3O. The molecule has 0 spiro atoms. The number of aromatic nitrogens is 2.